The highest BCUT2D eigenvalue weighted by molar-refractivity contribution is 5.73. The first-order valence-corrected chi connectivity index (χ1v) is 9.11. The van der Waals surface area contributed by atoms with Gasteiger partial charge in [-0.2, -0.15) is 5.26 Å². The largest absolute Gasteiger partial charge is 0.337 e. The SMILES string of the molecule is N#CCCCN1CC[C@@H]2C(C1)c1cc(F)ccc1N2c1ccc(F)cc1. The number of piperidine rings is 1. The summed E-state index contributed by atoms with van der Waals surface area (Å²) < 4.78 is 27.3. The van der Waals surface area contributed by atoms with E-state index in [1.54, 1.807) is 18.2 Å². The minimum absolute atomic E-state index is 0.218. The zero-order chi connectivity index (χ0) is 18.1. The van der Waals surface area contributed by atoms with Crippen molar-refractivity contribution in [1.82, 2.24) is 4.90 Å². The fourth-order valence-electron chi connectivity index (χ4n) is 4.36. The number of likely N-dealkylation sites (tertiary alicyclic amines) is 1. The molecule has 1 saturated heterocycles. The third-order valence-corrected chi connectivity index (χ3v) is 5.51. The Morgan fingerprint density at radius 1 is 1.08 bits per heavy atom. The summed E-state index contributed by atoms with van der Waals surface area (Å²) >= 11 is 0. The maximum atomic E-state index is 13.9. The number of unbranched alkanes of at least 4 members (excludes halogenated alkanes) is 1. The van der Waals surface area contributed by atoms with Crippen LogP contribution >= 0.6 is 0 Å². The predicted octanol–water partition coefficient (Wildman–Crippen LogP) is 4.58. The van der Waals surface area contributed by atoms with Gasteiger partial charge in [0.15, 0.2) is 0 Å². The molecule has 2 aromatic carbocycles. The molecule has 3 nitrogen and oxygen atoms in total. The highest BCUT2D eigenvalue weighted by atomic mass is 19.1. The first-order chi connectivity index (χ1) is 12.7. The molecule has 26 heavy (non-hydrogen) atoms. The van der Waals surface area contributed by atoms with E-state index < -0.39 is 0 Å². The van der Waals surface area contributed by atoms with Crippen LogP contribution in [0, 0.1) is 23.0 Å². The summed E-state index contributed by atoms with van der Waals surface area (Å²) in [6.45, 7) is 2.73. The fraction of sp³-hybridized carbons (Fsp3) is 0.381. The second-order valence-electron chi connectivity index (χ2n) is 7.07. The number of anilines is 2. The van der Waals surface area contributed by atoms with Crippen LogP contribution in [-0.2, 0) is 0 Å². The second-order valence-corrected chi connectivity index (χ2v) is 7.07. The molecule has 0 radical (unpaired) electrons. The molecule has 2 aliphatic heterocycles. The van der Waals surface area contributed by atoms with E-state index in [1.807, 2.05) is 6.07 Å². The Morgan fingerprint density at radius 3 is 2.62 bits per heavy atom. The molecule has 1 unspecified atom stereocenters. The summed E-state index contributed by atoms with van der Waals surface area (Å²) in [6.07, 6.45) is 2.40. The van der Waals surface area contributed by atoms with Crippen molar-refractivity contribution in [3.05, 3.63) is 59.7 Å². The van der Waals surface area contributed by atoms with Crippen LogP contribution in [0.3, 0.4) is 0 Å². The molecule has 0 N–H and O–H groups in total. The molecule has 0 spiro atoms. The van der Waals surface area contributed by atoms with Crippen LogP contribution in [0.15, 0.2) is 42.5 Å². The van der Waals surface area contributed by atoms with Crippen molar-refractivity contribution in [2.45, 2.75) is 31.2 Å². The highest BCUT2D eigenvalue weighted by Gasteiger charge is 2.42. The smallest absolute Gasteiger partial charge is 0.123 e. The van der Waals surface area contributed by atoms with Gasteiger partial charge >= 0.3 is 0 Å². The van der Waals surface area contributed by atoms with Gasteiger partial charge in [-0.1, -0.05) is 0 Å². The lowest BCUT2D eigenvalue weighted by atomic mass is 9.89. The van der Waals surface area contributed by atoms with E-state index >= 15 is 0 Å². The minimum Gasteiger partial charge on any atom is -0.337 e. The summed E-state index contributed by atoms with van der Waals surface area (Å²) in [4.78, 5) is 4.62. The minimum atomic E-state index is -0.254. The summed E-state index contributed by atoms with van der Waals surface area (Å²) in [5, 5.41) is 8.74. The Labute approximate surface area is 152 Å². The van der Waals surface area contributed by atoms with Crippen LogP contribution in [0.5, 0.6) is 0 Å². The van der Waals surface area contributed by atoms with Crippen molar-refractivity contribution in [2.75, 3.05) is 24.5 Å². The first-order valence-electron chi connectivity index (χ1n) is 9.11. The first kappa shape index (κ1) is 17.0. The van der Waals surface area contributed by atoms with Gasteiger partial charge in [-0.25, -0.2) is 8.78 Å². The molecule has 2 aromatic rings. The van der Waals surface area contributed by atoms with Gasteiger partial charge in [0.2, 0.25) is 0 Å². The number of nitrogens with zero attached hydrogens (tertiary/aromatic N) is 3. The van der Waals surface area contributed by atoms with E-state index in [0.717, 1.165) is 49.4 Å². The molecule has 4 rings (SSSR count). The zero-order valence-electron chi connectivity index (χ0n) is 14.5. The Morgan fingerprint density at radius 2 is 1.85 bits per heavy atom. The summed E-state index contributed by atoms with van der Waals surface area (Å²) in [5.41, 5.74) is 3.00. The normalized spacial score (nSPS) is 22.0. The van der Waals surface area contributed by atoms with Crippen molar-refractivity contribution in [3.8, 4) is 6.07 Å². The van der Waals surface area contributed by atoms with Gasteiger partial charge in [0.25, 0.3) is 0 Å². The topological polar surface area (TPSA) is 30.3 Å². The molecule has 2 heterocycles. The molecule has 0 aromatic heterocycles. The quantitative estimate of drug-likeness (QED) is 0.754. The molecule has 0 amide bonds. The fourth-order valence-corrected chi connectivity index (χ4v) is 4.36. The molecular formula is C21H21F2N3. The number of benzene rings is 2. The lowest BCUT2D eigenvalue weighted by Crippen LogP contribution is -2.45. The average molecular weight is 353 g/mol. The third kappa shape index (κ3) is 3.06. The van der Waals surface area contributed by atoms with Crippen molar-refractivity contribution < 1.29 is 8.78 Å². The van der Waals surface area contributed by atoms with Crippen LogP contribution in [0.1, 0.15) is 30.7 Å². The van der Waals surface area contributed by atoms with Gasteiger partial charge in [-0.05, 0) is 67.4 Å². The van der Waals surface area contributed by atoms with Crippen molar-refractivity contribution >= 4 is 11.4 Å². The van der Waals surface area contributed by atoms with Crippen LogP contribution in [-0.4, -0.2) is 30.6 Å². The standard InChI is InChI=1S/C21H21F2N3/c22-15-3-6-17(7-4-15)26-20-8-5-16(23)13-18(20)19-14-25(11-2-1-10-24)12-9-21(19)26/h3-8,13,19,21H,1-2,9,11-12,14H2/t19?,21-/m1/s1. The van der Waals surface area contributed by atoms with Crippen LogP contribution < -0.4 is 4.90 Å². The van der Waals surface area contributed by atoms with Gasteiger partial charge in [0.05, 0.1) is 6.07 Å². The van der Waals surface area contributed by atoms with E-state index in [0.29, 0.717) is 6.42 Å². The van der Waals surface area contributed by atoms with Crippen LogP contribution in [0.25, 0.3) is 0 Å². The van der Waals surface area contributed by atoms with E-state index in [2.05, 4.69) is 15.9 Å². The molecule has 2 atom stereocenters. The van der Waals surface area contributed by atoms with E-state index in [4.69, 9.17) is 5.26 Å². The molecule has 2 aliphatic rings. The van der Waals surface area contributed by atoms with Crippen molar-refractivity contribution in [2.24, 2.45) is 0 Å². The van der Waals surface area contributed by atoms with Gasteiger partial charge in [-0.3, -0.25) is 0 Å². The number of hydrogen-bond acceptors (Lipinski definition) is 3. The van der Waals surface area contributed by atoms with Gasteiger partial charge < -0.3 is 9.80 Å². The molecule has 0 saturated carbocycles. The zero-order valence-corrected chi connectivity index (χ0v) is 14.5. The van der Waals surface area contributed by atoms with Gasteiger partial charge in [-0.15, -0.1) is 0 Å². The number of nitriles is 1. The molecule has 5 heteroatoms. The molecular weight excluding hydrogens is 332 g/mol. The molecule has 0 aliphatic carbocycles. The van der Waals surface area contributed by atoms with E-state index in [-0.39, 0.29) is 23.6 Å². The molecule has 1 fully saturated rings. The maximum absolute atomic E-state index is 13.9. The lowest BCUT2D eigenvalue weighted by Gasteiger charge is -2.39. The Kier molecular flexibility index (Phi) is 4.60. The third-order valence-electron chi connectivity index (χ3n) is 5.51. The number of hydrogen-bond donors (Lipinski definition) is 0. The summed E-state index contributed by atoms with van der Waals surface area (Å²) in [7, 11) is 0. The van der Waals surface area contributed by atoms with Gasteiger partial charge in [0.1, 0.15) is 11.6 Å². The number of halogens is 2. The number of rotatable bonds is 4. The molecule has 0 bridgehead atoms. The average Bonchev–Trinajstić information content (AvgIpc) is 2.96. The van der Waals surface area contributed by atoms with Crippen LogP contribution in [0.2, 0.25) is 0 Å². The predicted molar refractivity (Wildman–Crippen MR) is 97.4 cm³/mol. The Hall–Kier alpha value is -2.45. The van der Waals surface area contributed by atoms with Crippen molar-refractivity contribution in [3.63, 3.8) is 0 Å². The maximum Gasteiger partial charge on any atom is 0.123 e. The van der Waals surface area contributed by atoms with Gasteiger partial charge in [0, 0.05) is 42.8 Å². The lowest BCUT2D eigenvalue weighted by molar-refractivity contribution is 0.195. The highest BCUT2D eigenvalue weighted by Crippen LogP contribution is 2.48. The second kappa shape index (κ2) is 7.05. The monoisotopic (exact) mass is 353 g/mol. The summed E-state index contributed by atoms with van der Waals surface area (Å²) in [6, 6.07) is 14.0. The Bertz CT molecular complexity index is 828. The molecule has 134 valence electrons. The summed E-state index contributed by atoms with van der Waals surface area (Å²) in [5.74, 6) is -0.247. The van der Waals surface area contributed by atoms with Crippen LogP contribution in [0.4, 0.5) is 20.2 Å². The number of fused-ring (bicyclic) bond motifs is 3. The van der Waals surface area contributed by atoms with E-state index in [9.17, 15) is 8.78 Å². The Balaban J connectivity index is 1.65. The van der Waals surface area contributed by atoms with Crippen molar-refractivity contribution in [1.29, 1.82) is 5.26 Å². The van der Waals surface area contributed by atoms with E-state index in [1.165, 1.54) is 18.2 Å².